The average Bonchev–Trinajstić information content (AvgIpc) is 3.17. The molecule has 2 fully saturated rings. The summed E-state index contributed by atoms with van der Waals surface area (Å²) in [6.45, 7) is 19.8. The minimum atomic E-state index is -1.79. The van der Waals surface area contributed by atoms with Crippen molar-refractivity contribution in [3.8, 4) is 0 Å². The second kappa shape index (κ2) is 8.94. The molecule has 2 nitrogen and oxygen atoms in total. The smallest absolute Gasteiger partial charge is 0.193 e. The van der Waals surface area contributed by atoms with Crippen LogP contribution >= 0.6 is 22.6 Å². The summed E-state index contributed by atoms with van der Waals surface area (Å²) >= 11 is 2.47. The molecule has 0 aromatic rings. The van der Waals surface area contributed by atoms with Crippen molar-refractivity contribution >= 4 is 30.9 Å². The van der Waals surface area contributed by atoms with Crippen molar-refractivity contribution in [3.63, 3.8) is 0 Å². The molecule has 1 unspecified atom stereocenters. The van der Waals surface area contributed by atoms with Gasteiger partial charge >= 0.3 is 0 Å². The lowest BCUT2D eigenvalue weighted by Gasteiger charge is -2.44. The molecule has 3 rings (SSSR count). The molecule has 4 heteroatoms. The summed E-state index contributed by atoms with van der Waals surface area (Å²) in [6, 6.07) is 0. The minimum absolute atomic E-state index is 0.176. The quantitative estimate of drug-likeness (QED) is 0.190. The fourth-order valence-electron chi connectivity index (χ4n) is 6.31. The first kappa shape index (κ1) is 25.0. The number of hydrogen-bond acceptors (Lipinski definition) is 2. The van der Waals surface area contributed by atoms with Crippen LogP contribution in [0.4, 0.5) is 0 Å². The normalized spacial score (nSPS) is 39.5. The Bertz CT molecular complexity index is 679. The lowest BCUT2D eigenvalue weighted by Crippen LogP contribution is -2.47. The topological polar surface area (TPSA) is 18.5 Å². The van der Waals surface area contributed by atoms with Crippen LogP contribution in [0.25, 0.3) is 0 Å². The Morgan fingerprint density at radius 2 is 1.97 bits per heavy atom. The fourth-order valence-corrected chi connectivity index (χ4v) is 8.68. The van der Waals surface area contributed by atoms with Crippen molar-refractivity contribution < 1.29 is 9.16 Å². The Labute approximate surface area is 200 Å². The first-order chi connectivity index (χ1) is 13.8. The Balaban J connectivity index is 1.55. The van der Waals surface area contributed by atoms with Gasteiger partial charge in [0, 0.05) is 6.42 Å². The SMILES string of the molecule is C[C@@H](CO[C@@H]1C=C[C@](C)(O[Si](C)(C)C(C)(C)C)C1)[C@H]1CCC2C(=CI)CCC[C@@]21C. The van der Waals surface area contributed by atoms with Gasteiger partial charge in [0.1, 0.15) is 0 Å². The summed E-state index contributed by atoms with van der Waals surface area (Å²) in [5, 5.41) is 0.233. The number of hydrogen-bond donors (Lipinski definition) is 0. The molecule has 0 heterocycles. The molecule has 0 amide bonds. The van der Waals surface area contributed by atoms with E-state index in [1.165, 1.54) is 32.1 Å². The molecule has 2 saturated carbocycles. The molecule has 172 valence electrons. The van der Waals surface area contributed by atoms with Crippen LogP contribution in [0.15, 0.2) is 21.8 Å². The van der Waals surface area contributed by atoms with Crippen LogP contribution in [0.3, 0.4) is 0 Å². The number of fused-ring (bicyclic) bond motifs is 1. The van der Waals surface area contributed by atoms with Crippen LogP contribution < -0.4 is 0 Å². The van der Waals surface area contributed by atoms with Gasteiger partial charge in [0.2, 0.25) is 0 Å². The van der Waals surface area contributed by atoms with Crippen molar-refractivity contribution in [2.75, 3.05) is 6.61 Å². The van der Waals surface area contributed by atoms with Crippen molar-refractivity contribution in [2.24, 2.45) is 23.2 Å². The van der Waals surface area contributed by atoms with Crippen LogP contribution in [-0.2, 0) is 9.16 Å². The highest BCUT2D eigenvalue weighted by Crippen LogP contribution is 2.59. The predicted molar refractivity (Wildman–Crippen MR) is 140 cm³/mol. The van der Waals surface area contributed by atoms with E-state index in [1.807, 2.05) is 0 Å². The molecular formula is C26H45IO2Si. The highest BCUT2D eigenvalue weighted by Gasteiger charge is 2.51. The summed E-state index contributed by atoms with van der Waals surface area (Å²) in [4.78, 5) is 0. The lowest BCUT2D eigenvalue weighted by atomic mass is 9.61. The molecule has 0 aromatic carbocycles. The summed E-state index contributed by atoms with van der Waals surface area (Å²) < 4.78 is 15.6. The van der Waals surface area contributed by atoms with Crippen LogP contribution in [0.5, 0.6) is 0 Å². The Morgan fingerprint density at radius 3 is 2.60 bits per heavy atom. The van der Waals surface area contributed by atoms with Gasteiger partial charge in [-0.3, -0.25) is 0 Å². The summed E-state index contributed by atoms with van der Waals surface area (Å²) in [7, 11) is -1.79. The molecule has 0 radical (unpaired) electrons. The second-order valence-electron chi connectivity index (χ2n) is 12.4. The molecule has 6 atom stereocenters. The van der Waals surface area contributed by atoms with Gasteiger partial charge < -0.3 is 9.16 Å². The zero-order valence-corrected chi connectivity index (χ0v) is 23.8. The maximum Gasteiger partial charge on any atom is 0.193 e. The first-order valence-corrected chi connectivity index (χ1v) is 16.3. The number of rotatable bonds is 6. The summed E-state index contributed by atoms with van der Waals surface area (Å²) in [5.74, 6) is 2.22. The van der Waals surface area contributed by atoms with E-state index in [-0.39, 0.29) is 16.7 Å². The number of halogens is 1. The van der Waals surface area contributed by atoms with E-state index < -0.39 is 8.32 Å². The molecular weight excluding hydrogens is 499 g/mol. The standard InChI is InChI=1S/C26H45IO2Si/c1-19(22-11-12-23-20(17-27)10-9-14-26(22,23)6)18-28-21-13-15-25(5,16-21)29-30(7,8)24(2,3)4/h13,15,17,19,21-23H,9-12,14,16,18H2,1-8H3/t19-,21+,22+,23?,25-,26+/m0/s1. The number of ether oxygens (including phenoxy) is 1. The van der Waals surface area contributed by atoms with E-state index in [9.17, 15) is 0 Å². The van der Waals surface area contributed by atoms with Crippen molar-refractivity contribution in [3.05, 3.63) is 21.8 Å². The molecule has 3 aliphatic rings. The molecule has 0 N–H and O–H groups in total. The van der Waals surface area contributed by atoms with Gasteiger partial charge in [-0.05, 0) is 84.4 Å². The van der Waals surface area contributed by atoms with Crippen molar-refractivity contribution in [1.29, 1.82) is 0 Å². The third-order valence-corrected chi connectivity index (χ3v) is 14.4. The van der Waals surface area contributed by atoms with E-state index in [1.54, 1.807) is 5.57 Å². The van der Waals surface area contributed by atoms with E-state index in [2.05, 4.69) is 93.5 Å². The van der Waals surface area contributed by atoms with E-state index in [4.69, 9.17) is 9.16 Å². The van der Waals surface area contributed by atoms with Gasteiger partial charge in [-0.25, -0.2) is 0 Å². The van der Waals surface area contributed by atoms with Crippen LogP contribution in [0.2, 0.25) is 18.1 Å². The van der Waals surface area contributed by atoms with E-state index in [0.717, 1.165) is 24.9 Å². The Morgan fingerprint density at radius 1 is 1.27 bits per heavy atom. The highest BCUT2D eigenvalue weighted by atomic mass is 127. The van der Waals surface area contributed by atoms with E-state index in [0.29, 0.717) is 11.3 Å². The lowest BCUT2D eigenvalue weighted by molar-refractivity contribution is -0.00554. The van der Waals surface area contributed by atoms with Crippen molar-refractivity contribution in [1.82, 2.24) is 0 Å². The fraction of sp³-hybridized carbons (Fsp3) is 0.846. The predicted octanol–water partition coefficient (Wildman–Crippen LogP) is 8.28. The molecule has 0 saturated heterocycles. The minimum Gasteiger partial charge on any atom is -0.408 e. The van der Waals surface area contributed by atoms with Gasteiger partial charge in [-0.2, -0.15) is 0 Å². The van der Waals surface area contributed by atoms with Gasteiger partial charge in [0.25, 0.3) is 0 Å². The van der Waals surface area contributed by atoms with Gasteiger partial charge in [-0.1, -0.05) is 74.9 Å². The van der Waals surface area contributed by atoms with Crippen LogP contribution in [0.1, 0.15) is 80.1 Å². The molecule has 0 aromatic heterocycles. The van der Waals surface area contributed by atoms with Crippen LogP contribution in [-0.4, -0.2) is 26.6 Å². The Kier molecular flexibility index (Phi) is 7.45. The summed E-state index contributed by atoms with van der Waals surface area (Å²) in [5.41, 5.74) is 2.02. The molecule has 0 aliphatic heterocycles. The van der Waals surface area contributed by atoms with Crippen LogP contribution in [0, 0.1) is 23.2 Å². The number of allylic oxidation sites excluding steroid dienone is 1. The maximum atomic E-state index is 6.76. The van der Waals surface area contributed by atoms with Crippen molar-refractivity contribution in [2.45, 2.75) is 110 Å². The highest BCUT2D eigenvalue weighted by molar-refractivity contribution is 14.1. The van der Waals surface area contributed by atoms with Gasteiger partial charge in [0.15, 0.2) is 8.32 Å². The summed E-state index contributed by atoms with van der Waals surface area (Å²) in [6.07, 6.45) is 12.5. The molecule has 3 aliphatic carbocycles. The maximum absolute atomic E-state index is 6.76. The molecule has 0 spiro atoms. The zero-order chi connectivity index (χ0) is 22.4. The van der Waals surface area contributed by atoms with Gasteiger partial charge in [-0.15, -0.1) is 0 Å². The molecule has 0 bridgehead atoms. The largest absolute Gasteiger partial charge is 0.408 e. The molecule has 30 heavy (non-hydrogen) atoms. The first-order valence-electron chi connectivity index (χ1n) is 12.1. The second-order valence-corrected chi connectivity index (χ2v) is 17.7. The Hall–Kier alpha value is 0.347. The monoisotopic (exact) mass is 544 g/mol. The third-order valence-electron chi connectivity index (χ3n) is 9.00. The average molecular weight is 545 g/mol. The third kappa shape index (κ3) is 4.96. The zero-order valence-electron chi connectivity index (χ0n) is 20.7. The van der Waals surface area contributed by atoms with E-state index >= 15 is 0 Å². The van der Waals surface area contributed by atoms with Gasteiger partial charge in [0.05, 0.1) is 18.3 Å².